The van der Waals surface area contributed by atoms with Crippen LogP contribution in [-0.4, -0.2) is 82.1 Å². The van der Waals surface area contributed by atoms with Crippen LogP contribution < -0.4 is 10.6 Å². The number of aromatic amines is 2. The van der Waals surface area contributed by atoms with Gasteiger partial charge in [0.05, 0.1) is 62.7 Å². The van der Waals surface area contributed by atoms with Gasteiger partial charge < -0.3 is 39.7 Å². The van der Waals surface area contributed by atoms with Crippen LogP contribution in [0.15, 0.2) is 73.1 Å². The number of hydrogen-bond donors (Lipinski definition) is 4. The van der Waals surface area contributed by atoms with Crippen molar-refractivity contribution in [2.24, 2.45) is 5.92 Å². The van der Waals surface area contributed by atoms with Crippen LogP contribution in [0.1, 0.15) is 56.8 Å². The van der Waals surface area contributed by atoms with Crippen molar-refractivity contribution in [3.63, 3.8) is 0 Å². The Morgan fingerprint density at radius 1 is 0.882 bits per heavy atom. The summed E-state index contributed by atoms with van der Waals surface area (Å²) in [4.78, 5) is 43.7. The second-order valence-electron chi connectivity index (χ2n) is 14.0. The minimum Gasteiger partial charge on any atom is -0.453 e. The average Bonchev–Trinajstić information content (AvgIpc) is 4.01. The maximum Gasteiger partial charge on any atom is 0.407 e. The van der Waals surface area contributed by atoms with Gasteiger partial charge >= 0.3 is 6.09 Å². The van der Waals surface area contributed by atoms with E-state index in [2.05, 4.69) is 86.2 Å². The van der Waals surface area contributed by atoms with Gasteiger partial charge in [0.15, 0.2) is 5.79 Å². The van der Waals surface area contributed by atoms with Crippen LogP contribution in [0, 0.1) is 5.92 Å². The molecule has 51 heavy (non-hydrogen) atoms. The summed E-state index contributed by atoms with van der Waals surface area (Å²) in [6.45, 7) is 6.38. The number of nitrogens with zero attached hydrogens (tertiary/aromatic N) is 3. The lowest BCUT2D eigenvalue weighted by Crippen LogP contribution is -2.51. The van der Waals surface area contributed by atoms with E-state index in [1.807, 2.05) is 31.1 Å². The summed E-state index contributed by atoms with van der Waals surface area (Å²) in [5, 5.41) is 8.45. The molecule has 3 saturated heterocycles. The monoisotopic (exact) mass is 689 g/mol. The van der Waals surface area contributed by atoms with E-state index in [4.69, 9.17) is 19.2 Å². The Labute approximate surface area is 296 Å². The molecule has 3 aliphatic rings. The Balaban J connectivity index is 0.949. The molecule has 3 unspecified atom stereocenters. The molecule has 0 saturated carbocycles. The molecule has 3 aromatic carbocycles. The molecule has 5 aromatic rings. The molecule has 2 aromatic heterocycles. The fourth-order valence-corrected chi connectivity index (χ4v) is 7.59. The number of amides is 2. The van der Waals surface area contributed by atoms with E-state index in [-0.39, 0.29) is 23.9 Å². The normalized spacial score (nSPS) is 20.4. The number of carbonyl (C=O) groups excluding carboxylic acids is 2. The number of carbonyl (C=O) groups is 2. The van der Waals surface area contributed by atoms with Gasteiger partial charge in [-0.3, -0.25) is 4.79 Å². The number of fused-ring (bicyclic) bond motifs is 1. The highest BCUT2D eigenvalue weighted by Gasteiger charge is 2.45. The zero-order chi connectivity index (χ0) is 35.1. The Bertz CT molecular complexity index is 2050. The van der Waals surface area contributed by atoms with Crippen LogP contribution in [0.25, 0.3) is 44.4 Å². The molecule has 0 aliphatic carbocycles. The van der Waals surface area contributed by atoms with E-state index in [9.17, 15) is 9.59 Å². The maximum atomic E-state index is 13.5. The lowest BCUT2D eigenvalue weighted by atomic mass is 9.98. The SMILES string of the molecule is COC(=O)NC(C(=O)N1CCCC1c1ncc(-c2ccc3cc(-c4ccc(-c5cnc(C6CC7(CN6)OCCO7)[nH]5)cc4)ccc3c2)[nH]1)C(C)C. The lowest BCUT2D eigenvalue weighted by Gasteiger charge is -2.30. The number of ether oxygens (including phenoxy) is 3. The van der Waals surface area contributed by atoms with Gasteiger partial charge in [-0.2, -0.15) is 0 Å². The Morgan fingerprint density at radius 3 is 2.24 bits per heavy atom. The minimum atomic E-state index is -0.670. The topological polar surface area (TPSA) is 146 Å². The van der Waals surface area contributed by atoms with Crippen LogP contribution in [0.3, 0.4) is 0 Å². The molecule has 3 fully saturated rings. The number of imidazole rings is 2. The predicted molar refractivity (Wildman–Crippen MR) is 192 cm³/mol. The third-order valence-corrected chi connectivity index (χ3v) is 10.4. The number of benzene rings is 3. The quantitative estimate of drug-likeness (QED) is 0.153. The molecule has 12 nitrogen and oxygen atoms in total. The number of rotatable bonds is 8. The van der Waals surface area contributed by atoms with Gasteiger partial charge in [-0.25, -0.2) is 14.8 Å². The van der Waals surface area contributed by atoms with Crippen molar-refractivity contribution in [1.29, 1.82) is 0 Å². The zero-order valence-electron chi connectivity index (χ0n) is 29.1. The number of hydrogen-bond acceptors (Lipinski definition) is 8. The molecule has 1 spiro atoms. The highest BCUT2D eigenvalue weighted by atomic mass is 16.7. The van der Waals surface area contributed by atoms with Gasteiger partial charge in [0, 0.05) is 18.5 Å². The smallest absolute Gasteiger partial charge is 0.407 e. The fourth-order valence-electron chi connectivity index (χ4n) is 7.59. The minimum absolute atomic E-state index is 0.0683. The molecule has 5 heterocycles. The van der Waals surface area contributed by atoms with Crippen molar-refractivity contribution < 1.29 is 23.8 Å². The third kappa shape index (κ3) is 6.50. The van der Waals surface area contributed by atoms with Crippen LogP contribution >= 0.6 is 0 Å². The van der Waals surface area contributed by atoms with Crippen molar-refractivity contribution in [2.45, 2.75) is 57.0 Å². The van der Waals surface area contributed by atoms with Gasteiger partial charge in [0.2, 0.25) is 5.91 Å². The molecule has 12 heteroatoms. The molecule has 2 amide bonds. The molecule has 3 atom stereocenters. The summed E-state index contributed by atoms with van der Waals surface area (Å²) < 4.78 is 16.5. The van der Waals surface area contributed by atoms with Crippen LogP contribution in [0.2, 0.25) is 0 Å². The standard InChI is InChI=1S/C39H43N7O5/c1-23(2)34(45-38(48)49-3)37(47)46-14-4-5-33(46)36-41-21-32(44-36)29-13-12-27-17-26(10-11-28(27)18-29)24-6-8-25(9-7-24)31-20-40-35(43-31)30-19-39(22-42-30)50-15-16-51-39/h6-13,17-18,20-21,23,30,33-34,42H,4-5,14-16,19,22H2,1-3H3,(H,40,43)(H,41,44)(H,45,48). The Morgan fingerprint density at radius 2 is 1.51 bits per heavy atom. The first-order chi connectivity index (χ1) is 24.8. The second kappa shape index (κ2) is 13.6. The van der Waals surface area contributed by atoms with E-state index >= 15 is 0 Å². The van der Waals surface area contributed by atoms with Crippen LogP contribution in [0.5, 0.6) is 0 Å². The van der Waals surface area contributed by atoms with Crippen LogP contribution in [0.4, 0.5) is 4.79 Å². The first kappa shape index (κ1) is 33.1. The van der Waals surface area contributed by atoms with Gasteiger partial charge in [-0.05, 0) is 58.4 Å². The second-order valence-corrected chi connectivity index (χ2v) is 14.0. The van der Waals surface area contributed by atoms with Gasteiger partial charge in [0.25, 0.3) is 0 Å². The molecule has 4 N–H and O–H groups in total. The number of methoxy groups -OCH3 is 1. The van der Waals surface area contributed by atoms with Gasteiger partial charge in [-0.1, -0.05) is 62.4 Å². The lowest BCUT2D eigenvalue weighted by molar-refractivity contribution is -0.141. The third-order valence-electron chi connectivity index (χ3n) is 10.4. The van der Waals surface area contributed by atoms with E-state index in [0.29, 0.717) is 26.3 Å². The Hall–Kier alpha value is -5.04. The molecular weight excluding hydrogens is 646 g/mol. The summed E-state index contributed by atoms with van der Waals surface area (Å²) in [6.07, 6.45) is 5.52. The summed E-state index contributed by atoms with van der Waals surface area (Å²) >= 11 is 0. The molecule has 0 bridgehead atoms. The average molecular weight is 690 g/mol. The maximum absolute atomic E-state index is 13.5. The van der Waals surface area contributed by atoms with Crippen molar-refractivity contribution in [1.82, 2.24) is 35.5 Å². The van der Waals surface area contributed by atoms with Crippen molar-refractivity contribution in [3.05, 3.63) is 84.7 Å². The first-order valence-electron chi connectivity index (χ1n) is 17.7. The molecule has 3 aliphatic heterocycles. The highest BCUT2D eigenvalue weighted by Crippen LogP contribution is 2.37. The zero-order valence-corrected chi connectivity index (χ0v) is 29.1. The highest BCUT2D eigenvalue weighted by molar-refractivity contribution is 5.91. The molecule has 264 valence electrons. The predicted octanol–water partition coefficient (Wildman–Crippen LogP) is 6.11. The molecule has 8 rings (SSSR count). The van der Waals surface area contributed by atoms with E-state index in [1.165, 1.54) is 7.11 Å². The largest absolute Gasteiger partial charge is 0.453 e. The fraction of sp³-hybridized carbons (Fsp3) is 0.385. The number of alkyl carbamates (subject to hydrolysis) is 1. The van der Waals surface area contributed by atoms with E-state index in [1.54, 1.807) is 0 Å². The van der Waals surface area contributed by atoms with Gasteiger partial charge in [-0.15, -0.1) is 0 Å². The van der Waals surface area contributed by atoms with Gasteiger partial charge in [0.1, 0.15) is 17.7 Å². The summed E-state index contributed by atoms with van der Waals surface area (Å²) in [6, 6.07) is 20.7. The van der Waals surface area contributed by atoms with Crippen LogP contribution in [-0.2, 0) is 19.0 Å². The summed E-state index contributed by atoms with van der Waals surface area (Å²) in [5.41, 5.74) is 6.24. The summed E-state index contributed by atoms with van der Waals surface area (Å²) in [5.74, 6) is 0.913. The summed E-state index contributed by atoms with van der Waals surface area (Å²) in [7, 11) is 1.30. The number of likely N-dealkylation sites (tertiary alicyclic amines) is 1. The van der Waals surface area contributed by atoms with E-state index in [0.717, 1.165) is 75.3 Å². The number of H-pyrrole nitrogens is 2. The van der Waals surface area contributed by atoms with Crippen molar-refractivity contribution in [2.75, 3.05) is 33.4 Å². The Kier molecular flexibility index (Phi) is 8.83. The van der Waals surface area contributed by atoms with E-state index < -0.39 is 17.9 Å². The first-order valence-corrected chi connectivity index (χ1v) is 17.7. The molecule has 0 radical (unpaired) electrons. The van der Waals surface area contributed by atoms with Crippen molar-refractivity contribution in [3.8, 4) is 33.6 Å². The molecular formula is C39H43N7O5. The number of nitrogens with one attached hydrogen (secondary N) is 4. The number of aromatic nitrogens is 4. The van der Waals surface area contributed by atoms with Crippen molar-refractivity contribution >= 4 is 22.8 Å².